The number of nitrogens with two attached hydrogens (primary N) is 1. The SMILES string of the molecule is Nc1c(C(=O)O)cc(C(F)(F)F)c(-c2ccc(F)cc2F)c1I. The van der Waals surface area contributed by atoms with Crippen molar-refractivity contribution in [3.63, 3.8) is 0 Å². The van der Waals surface area contributed by atoms with Crippen LogP contribution in [0.1, 0.15) is 15.9 Å². The minimum absolute atomic E-state index is 0.277. The van der Waals surface area contributed by atoms with Crippen LogP contribution in [-0.4, -0.2) is 11.1 Å². The van der Waals surface area contributed by atoms with E-state index >= 15 is 0 Å². The van der Waals surface area contributed by atoms with Gasteiger partial charge in [-0.25, -0.2) is 13.6 Å². The van der Waals surface area contributed by atoms with Crippen molar-refractivity contribution in [3.05, 3.63) is 50.6 Å². The summed E-state index contributed by atoms with van der Waals surface area (Å²) in [6, 6.07) is 2.43. The molecule has 0 radical (unpaired) electrons. The van der Waals surface area contributed by atoms with Gasteiger partial charge in [0.2, 0.25) is 0 Å². The van der Waals surface area contributed by atoms with Crippen LogP contribution in [0.25, 0.3) is 11.1 Å². The normalized spacial score (nSPS) is 11.6. The predicted octanol–water partition coefficient (Wildman–Crippen LogP) is 4.54. The number of hydrogen-bond acceptors (Lipinski definition) is 2. The first kappa shape index (κ1) is 17.4. The van der Waals surface area contributed by atoms with Gasteiger partial charge in [-0.05, 0) is 40.8 Å². The van der Waals surface area contributed by atoms with Crippen LogP contribution in [0.5, 0.6) is 0 Å². The average Bonchev–Trinajstić information content (AvgIpc) is 2.40. The Labute approximate surface area is 140 Å². The second kappa shape index (κ2) is 5.95. The molecule has 0 spiro atoms. The first-order valence-electron chi connectivity index (χ1n) is 5.92. The van der Waals surface area contributed by atoms with Crippen LogP contribution in [0.3, 0.4) is 0 Å². The molecule has 2 aromatic carbocycles. The molecule has 0 saturated carbocycles. The van der Waals surface area contributed by atoms with Crippen molar-refractivity contribution in [1.29, 1.82) is 0 Å². The lowest BCUT2D eigenvalue weighted by molar-refractivity contribution is -0.137. The van der Waals surface area contributed by atoms with Crippen LogP contribution in [-0.2, 0) is 6.18 Å². The van der Waals surface area contributed by atoms with E-state index in [1.54, 1.807) is 0 Å². The fourth-order valence-electron chi connectivity index (χ4n) is 2.02. The Morgan fingerprint density at radius 1 is 1.17 bits per heavy atom. The zero-order valence-corrected chi connectivity index (χ0v) is 13.2. The molecule has 3 nitrogen and oxygen atoms in total. The Balaban J connectivity index is 2.92. The van der Waals surface area contributed by atoms with Crippen molar-refractivity contribution >= 4 is 34.2 Å². The highest BCUT2D eigenvalue weighted by molar-refractivity contribution is 14.1. The molecule has 0 fully saturated rings. The second-order valence-corrected chi connectivity index (χ2v) is 5.58. The molecule has 2 rings (SSSR count). The van der Waals surface area contributed by atoms with Crippen LogP contribution in [0.15, 0.2) is 24.3 Å². The molecule has 0 aliphatic carbocycles. The third-order valence-corrected chi connectivity index (χ3v) is 4.16. The number of benzene rings is 2. The van der Waals surface area contributed by atoms with Gasteiger partial charge in [0, 0.05) is 20.8 Å². The van der Waals surface area contributed by atoms with Crippen LogP contribution in [0.4, 0.5) is 27.6 Å². The van der Waals surface area contributed by atoms with Crippen LogP contribution < -0.4 is 5.73 Å². The van der Waals surface area contributed by atoms with Crippen molar-refractivity contribution in [2.45, 2.75) is 6.18 Å². The number of carbonyl (C=O) groups is 1. The second-order valence-electron chi connectivity index (χ2n) is 4.50. The third-order valence-electron chi connectivity index (χ3n) is 3.04. The molecule has 9 heteroatoms. The largest absolute Gasteiger partial charge is 0.478 e. The summed E-state index contributed by atoms with van der Waals surface area (Å²) in [5.41, 5.74) is 1.88. The quantitative estimate of drug-likeness (QED) is 0.407. The summed E-state index contributed by atoms with van der Waals surface area (Å²) in [6.07, 6.45) is -4.95. The highest BCUT2D eigenvalue weighted by Gasteiger charge is 2.37. The average molecular weight is 443 g/mol. The van der Waals surface area contributed by atoms with E-state index in [2.05, 4.69) is 0 Å². The Hall–Kier alpha value is -1.91. The summed E-state index contributed by atoms with van der Waals surface area (Å²) in [6.45, 7) is 0. The number of rotatable bonds is 2. The van der Waals surface area contributed by atoms with Crippen molar-refractivity contribution in [1.82, 2.24) is 0 Å². The Morgan fingerprint density at radius 2 is 1.78 bits per heavy atom. The smallest absolute Gasteiger partial charge is 0.417 e. The fourth-order valence-corrected chi connectivity index (χ4v) is 2.89. The van der Waals surface area contributed by atoms with Gasteiger partial charge in [0.15, 0.2) is 0 Å². The van der Waals surface area contributed by atoms with Crippen molar-refractivity contribution in [2.24, 2.45) is 0 Å². The van der Waals surface area contributed by atoms with Gasteiger partial charge in [-0.3, -0.25) is 0 Å². The summed E-state index contributed by atoms with van der Waals surface area (Å²) in [5.74, 6) is -3.81. The molecule has 0 aliphatic heterocycles. The number of alkyl halides is 3. The van der Waals surface area contributed by atoms with Crippen molar-refractivity contribution < 1.29 is 31.9 Å². The van der Waals surface area contributed by atoms with E-state index in [0.29, 0.717) is 12.1 Å². The first-order valence-corrected chi connectivity index (χ1v) is 6.99. The molecule has 0 bridgehead atoms. The lowest BCUT2D eigenvalue weighted by Gasteiger charge is -2.18. The minimum atomic E-state index is -4.95. The summed E-state index contributed by atoms with van der Waals surface area (Å²) in [4.78, 5) is 11.0. The molecule has 3 N–H and O–H groups in total. The fraction of sp³-hybridized carbons (Fsp3) is 0.0714. The van der Waals surface area contributed by atoms with Gasteiger partial charge in [-0.2, -0.15) is 13.2 Å². The van der Waals surface area contributed by atoms with E-state index in [-0.39, 0.29) is 3.57 Å². The molecule has 0 unspecified atom stereocenters. The van der Waals surface area contributed by atoms with Gasteiger partial charge in [-0.15, -0.1) is 0 Å². The van der Waals surface area contributed by atoms with Gasteiger partial charge in [0.05, 0.1) is 16.8 Å². The van der Waals surface area contributed by atoms with Gasteiger partial charge in [0.1, 0.15) is 11.6 Å². The van der Waals surface area contributed by atoms with Crippen molar-refractivity contribution in [3.8, 4) is 11.1 Å². The first-order chi connectivity index (χ1) is 10.5. The zero-order chi connectivity index (χ0) is 17.5. The Kier molecular flexibility index (Phi) is 4.51. The lowest BCUT2D eigenvalue weighted by atomic mass is 9.95. The monoisotopic (exact) mass is 443 g/mol. The molecular weight excluding hydrogens is 436 g/mol. The topological polar surface area (TPSA) is 63.3 Å². The number of anilines is 1. The third kappa shape index (κ3) is 3.23. The standard InChI is InChI=1S/C14H7F5INO2/c15-5-1-2-6(9(16)3-5)10-8(14(17,18)19)4-7(13(22)23)12(21)11(10)20/h1-4H,21H2,(H,22,23). The molecule has 0 aromatic heterocycles. The maximum atomic E-state index is 13.9. The van der Waals surface area contributed by atoms with E-state index in [1.807, 2.05) is 0 Å². The zero-order valence-electron chi connectivity index (χ0n) is 11.0. The van der Waals surface area contributed by atoms with E-state index in [1.165, 1.54) is 22.6 Å². The highest BCUT2D eigenvalue weighted by Crippen LogP contribution is 2.43. The summed E-state index contributed by atoms with van der Waals surface area (Å²) in [5, 5.41) is 8.96. The minimum Gasteiger partial charge on any atom is -0.478 e. The van der Waals surface area contributed by atoms with Gasteiger partial charge in [-0.1, -0.05) is 0 Å². The molecule has 23 heavy (non-hydrogen) atoms. The van der Waals surface area contributed by atoms with Gasteiger partial charge >= 0.3 is 12.1 Å². The number of carboxylic acids is 1. The predicted molar refractivity (Wildman–Crippen MR) is 80.9 cm³/mol. The van der Waals surface area contributed by atoms with E-state index in [0.717, 1.165) is 12.1 Å². The van der Waals surface area contributed by atoms with Crippen LogP contribution >= 0.6 is 22.6 Å². The summed E-state index contributed by atoms with van der Waals surface area (Å²) >= 11 is 1.41. The molecule has 2 aromatic rings. The molecule has 0 atom stereocenters. The molecule has 122 valence electrons. The highest BCUT2D eigenvalue weighted by atomic mass is 127. The number of halogens is 6. The molecule has 0 heterocycles. The van der Waals surface area contributed by atoms with E-state index in [9.17, 15) is 26.7 Å². The molecule has 0 aliphatic rings. The van der Waals surface area contributed by atoms with Crippen molar-refractivity contribution in [2.75, 3.05) is 5.73 Å². The number of nitrogen functional groups attached to an aromatic ring is 1. The number of aromatic carboxylic acids is 1. The summed E-state index contributed by atoms with van der Waals surface area (Å²) < 4.78 is 66.4. The Morgan fingerprint density at radius 3 is 2.26 bits per heavy atom. The number of hydrogen-bond donors (Lipinski definition) is 2. The van der Waals surface area contributed by atoms with E-state index < -0.39 is 51.7 Å². The van der Waals surface area contributed by atoms with Crippen LogP contribution in [0.2, 0.25) is 0 Å². The van der Waals surface area contributed by atoms with E-state index in [4.69, 9.17) is 10.8 Å². The Bertz CT molecular complexity index is 805. The molecule has 0 saturated heterocycles. The number of carboxylic acid groups (broad SMARTS) is 1. The lowest BCUT2D eigenvalue weighted by Crippen LogP contribution is -2.14. The molecule has 0 amide bonds. The van der Waals surface area contributed by atoms with Crippen LogP contribution in [0, 0.1) is 15.2 Å². The van der Waals surface area contributed by atoms with Gasteiger partial charge < -0.3 is 10.8 Å². The van der Waals surface area contributed by atoms with Gasteiger partial charge in [0.25, 0.3) is 0 Å². The molecular formula is C14H7F5INO2. The summed E-state index contributed by atoms with van der Waals surface area (Å²) in [7, 11) is 0. The maximum Gasteiger partial charge on any atom is 0.417 e. The maximum absolute atomic E-state index is 13.9.